The molecular formula is C11H19N3O. The fourth-order valence-corrected chi connectivity index (χ4v) is 1.12. The third kappa shape index (κ3) is 3.83. The summed E-state index contributed by atoms with van der Waals surface area (Å²) in [6.07, 6.45) is 0.725. The molecule has 0 unspecified atom stereocenters. The highest BCUT2D eigenvalue weighted by Gasteiger charge is 2.15. The first-order chi connectivity index (χ1) is 7.04. The minimum Gasteiger partial charge on any atom is -0.396 e. The van der Waals surface area contributed by atoms with Crippen LogP contribution in [0.2, 0.25) is 0 Å². The van der Waals surface area contributed by atoms with Gasteiger partial charge in [0.15, 0.2) is 0 Å². The summed E-state index contributed by atoms with van der Waals surface area (Å²) in [4.78, 5) is 0. The molecule has 0 fully saturated rings. The maximum atomic E-state index is 8.62. The number of nitrogens with zero attached hydrogens (tertiary/aromatic N) is 2. The maximum Gasteiger partial charge on any atom is 0.148 e. The number of hydrogen-bond donors (Lipinski definition) is 2. The zero-order valence-electron chi connectivity index (χ0n) is 9.62. The van der Waals surface area contributed by atoms with Crippen LogP contribution >= 0.6 is 0 Å². The van der Waals surface area contributed by atoms with Gasteiger partial charge in [0.05, 0.1) is 5.69 Å². The number of anilines is 1. The average molecular weight is 209 g/mol. The number of aliphatic hydroxyl groups is 1. The van der Waals surface area contributed by atoms with Crippen LogP contribution in [-0.4, -0.2) is 28.5 Å². The van der Waals surface area contributed by atoms with E-state index in [-0.39, 0.29) is 12.0 Å². The quantitative estimate of drug-likeness (QED) is 0.739. The molecule has 0 atom stereocenters. The second-order valence-corrected chi connectivity index (χ2v) is 4.56. The van der Waals surface area contributed by atoms with E-state index in [1.54, 1.807) is 0 Å². The molecule has 84 valence electrons. The summed E-state index contributed by atoms with van der Waals surface area (Å²) in [5, 5.41) is 19.9. The van der Waals surface area contributed by atoms with Gasteiger partial charge < -0.3 is 10.4 Å². The van der Waals surface area contributed by atoms with Crippen molar-refractivity contribution < 1.29 is 5.11 Å². The minimum atomic E-state index is 0.0383. The summed E-state index contributed by atoms with van der Waals surface area (Å²) in [6.45, 7) is 7.24. The lowest BCUT2D eigenvalue weighted by Crippen LogP contribution is -2.15. The predicted molar refractivity (Wildman–Crippen MR) is 60.9 cm³/mol. The molecule has 0 bridgehead atoms. The summed E-state index contributed by atoms with van der Waals surface area (Å²) in [6, 6.07) is 3.90. The lowest BCUT2D eigenvalue weighted by atomic mass is 9.92. The fourth-order valence-electron chi connectivity index (χ4n) is 1.12. The van der Waals surface area contributed by atoms with Crippen LogP contribution in [-0.2, 0) is 5.41 Å². The van der Waals surface area contributed by atoms with Crippen molar-refractivity contribution in [3.8, 4) is 0 Å². The second-order valence-electron chi connectivity index (χ2n) is 4.56. The lowest BCUT2D eigenvalue weighted by molar-refractivity contribution is 0.292. The van der Waals surface area contributed by atoms with E-state index >= 15 is 0 Å². The van der Waals surface area contributed by atoms with E-state index in [4.69, 9.17) is 5.11 Å². The molecule has 0 aliphatic heterocycles. The molecule has 0 aliphatic carbocycles. The van der Waals surface area contributed by atoms with E-state index in [0.29, 0.717) is 0 Å². The predicted octanol–water partition coefficient (Wildman–Crippen LogP) is 1.57. The molecule has 0 saturated carbocycles. The molecular weight excluding hydrogens is 190 g/mol. The standard InChI is InChI=1S/C11H19N3O/c1-11(2,3)9-5-6-10(14-13-9)12-7-4-8-15/h5-6,15H,4,7-8H2,1-3H3,(H,12,14). The molecule has 0 aromatic carbocycles. The molecule has 0 radical (unpaired) electrons. The number of rotatable bonds is 4. The number of aromatic nitrogens is 2. The highest BCUT2D eigenvalue weighted by Crippen LogP contribution is 2.19. The van der Waals surface area contributed by atoms with Crippen LogP contribution < -0.4 is 5.32 Å². The van der Waals surface area contributed by atoms with Crippen LogP contribution in [0, 0.1) is 0 Å². The summed E-state index contributed by atoms with van der Waals surface area (Å²) in [5.41, 5.74) is 1.02. The van der Waals surface area contributed by atoms with Crippen LogP contribution in [0.1, 0.15) is 32.9 Å². The summed E-state index contributed by atoms with van der Waals surface area (Å²) in [5.74, 6) is 0.761. The van der Waals surface area contributed by atoms with E-state index in [9.17, 15) is 0 Å². The lowest BCUT2D eigenvalue weighted by Gasteiger charge is -2.16. The Morgan fingerprint density at radius 1 is 1.27 bits per heavy atom. The summed E-state index contributed by atoms with van der Waals surface area (Å²) < 4.78 is 0. The van der Waals surface area contributed by atoms with Gasteiger partial charge in [-0.3, -0.25) is 0 Å². The molecule has 0 amide bonds. The Balaban J connectivity index is 2.57. The molecule has 4 nitrogen and oxygen atoms in total. The SMILES string of the molecule is CC(C)(C)c1ccc(NCCCO)nn1. The summed E-state index contributed by atoms with van der Waals surface area (Å²) in [7, 11) is 0. The molecule has 15 heavy (non-hydrogen) atoms. The Morgan fingerprint density at radius 3 is 2.47 bits per heavy atom. The number of hydrogen-bond acceptors (Lipinski definition) is 4. The van der Waals surface area contributed by atoms with Crippen molar-refractivity contribution in [1.29, 1.82) is 0 Å². The third-order valence-corrected chi connectivity index (χ3v) is 2.07. The molecule has 1 aromatic heterocycles. The number of aliphatic hydroxyl groups excluding tert-OH is 1. The van der Waals surface area contributed by atoms with Crippen molar-refractivity contribution >= 4 is 5.82 Å². The van der Waals surface area contributed by atoms with E-state index in [2.05, 4.69) is 36.3 Å². The van der Waals surface area contributed by atoms with Crippen LogP contribution in [0.4, 0.5) is 5.82 Å². The van der Waals surface area contributed by atoms with Gasteiger partial charge in [-0.1, -0.05) is 20.8 Å². The van der Waals surface area contributed by atoms with Gasteiger partial charge in [0, 0.05) is 18.6 Å². The molecule has 0 aliphatic rings. The fraction of sp³-hybridized carbons (Fsp3) is 0.636. The molecule has 0 saturated heterocycles. The van der Waals surface area contributed by atoms with Crippen molar-refractivity contribution in [1.82, 2.24) is 10.2 Å². The van der Waals surface area contributed by atoms with E-state index in [0.717, 1.165) is 24.5 Å². The van der Waals surface area contributed by atoms with Gasteiger partial charge in [-0.15, -0.1) is 5.10 Å². The topological polar surface area (TPSA) is 58.0 Å². The van der Waals surface area contributed by atoms with Crippen molar-refractivity contribution in [2.45, 2.75) is 32.6 Å². The smallest absolute Gasteiger partial charge is 0.148 e. The van der Waals surface area contributed by atoms with Crippen molar-refractivity contribution in [3.63, 3.8) is 0 Å². The first kappa shape index (κ1) is 11.9. The van der Waals surface area contributed by atoms with Crippen LogP contribution in [0.5, 0.6) is 0 Å². The number of nitrogens with one attached hydrogen (secondary N) is 1. The Labute approximate surface area is 90.7 Å². The van der Waals surface area contributed by atoms with Gasteiger partial charge in [0.25, 0.3) is 0 Å². The highest BCUT2D eigenvalue weighted by molar-refractivity contribution is 5.33. The van der Waals surface area contributed by atoms with E-state index in [1.807, 2.05) is 12.1 Å². The van der Waals surface area contributed by atoms with Gasteiger partial charge in [-0.25, -0.2) is 0 Å². The Morgan fingerprint density at radius 2 is 2.00 bits per heavy atom. The van der Waals surface area contributed by atoms with Crippen molar-refractivity contribution in [2.24, 2.45) is 0 Å². The van der Waals surface area contributed by atoms with Crippen LogP contribution in [0.3, 0.4) is 0 Å². The highest BCUT2D eigenvalue weighted by atomic mass is 16.3. The molecule has 2 N–H and O–H groups in total. The Kier molecular flexibility index (Phi) is 4.03. The van der Waals surface area contributed by atoms with E-state index < -0.39 is 0 Å². The third-order valence-electron chi connectivity index (χ3n) is 2.07. The minimum absolute atomic E-state index is 0.0383. The zero-order valence-corrected chi connectivity index (χ0v) is 9.62. The molecule has 1 heterocycles. The van der Waals surface area contributed by atoms with Gasteiger partial charge in [-0.2, -0.15) is 5.10 Å². The normalized spacial score (nSPS) is 11.5. The molecule has 4 heteroatoms. The van der Waals surface area contributed by atoms with Crippen molar-refractivity contribution in [2.75, 3.05) is 18.5 Å². The summed E-state index contributed by atoms with van der Waals surface area (Å²) >= 11 is 0. The Bertz CT molecular complexity index is 290. The first-order valence-corrected chi connectivity index (χ1v) is 5.23. The largest absolute Gasteiger partial charge is 0.396 e. The van der Waals surface area contributed by atoms with Crippen molar-refractivity contribution in [3.05, 3.63) is 17.8 Å². The second kappa shape index (κ2) is 5.07. The first-order valence-electron chi connectivity index (χ1n) is 5.23. The van der Waals surface area contributed by atoms with Gasteiger partial charge in [0.2, 0.25) is 0 Å². The molecule has 1 rings (SSSR count). The van der Waals surface area contributed by atoms with Crippen LogP contribution in [0.25, 0.3) is 0 Å². The van der Waals surface area contributed by atoms with Gasteiger partial charge in [0.1, 0.15) is 5.82 Å². The van der Waals surface area contributed by atoms with E-state index in [1.165, 1.54) is 0 Å². The molecule has 0 spiro atoms. The van der Waals surface area contributed by atoms with Gasteiger partial charge in [-0.05, 0) is 18.6 Å². The van der Waals surface area contributed by atoms with Gasteiger partial charge >= 0.3 is 0 Å². The molecule has 1 aromatic rings. The maximum absolute atomic E-state index is 8.62. The van der Waals surface area contributed by atoms with Crippen LogP contribution in [0.15, 0.2) is 12.1 Å². The Hall–Kier alpha value is -1.16. The zero-order chi connectivity index (χ0) is 11.3. The monoisotopic (exact) mass is 209 g/mol. The average Bonchev–Trinajstić information content (AvgIpc) is 2.18.